The molecule has 0 amide bonds. The Kier molecular flexibility index (Phi) is 5.10. The van der Waals surface area contributed by atoms with Crippen molar-refractivity contribution in [3.63, 3.8) is 0 Å². The number of hydrogen-bond donors (Lipinski definition) is 1. The van der Waals surface area contributed by atoms with E-state index in [1.54, 1.807) is 13.1 Å². The van der Waals surface area contributed by atoms with Gasteiger partial charge in [0, 0.05) is 41.9 Å². The number of ether oxygens (including phenoxy) is 2. The number of nitrogens with one attached hydrogen (secondary N) is 1. The zero-order chi connectivity index (χ0) is 23.1. The van der Waals surface area contributed by atoms with Crippen LogP contribution < -0.4 is 9.80 Å². The molecule has 3 aromatic heterocycles. The van der Waals surface area contributed by atoms with E-state index >= 15 is 0 Å². The SMILES string of the molecule is CCOC(=O)c1cncc(N2CC3COCCN3c3nc(-c4cccc5[nH]ccc45)ncc32)c1. The molecule has 1 saturated heterocycles. The molecule has 0 aliphatic carbocycles. The molecule has 0 spiro atoms. The fraction of sp³-hybridized carbons (Fsp3) is 0.280. The monoisotopic (exact) mass is 456 g/mol. The van der Waals surface area contributed by atoms with Gasteiger partial charge in [-0.15, -0.1) is 0 Å². The number of morpholine rings is 1. The zero-order valence-corrected chi connectivity index (χ0v) is 18.8. The molecule has 6 rings (SSSR count). The molecule has 1 fully saturated rings. The van der Waals surface area contributed by atoms with E-state index in [4.69, 9.17) is 19.4 Å². The predicted octanol–water partition coefficient (Wildman–Crippen LogP) is 3.55. The molecular weight excluding hydrogens is 432 g/mol. The summed E-state index contributed by atoms with van der Waals surface area (Å²) in [6.07, 6.45) is 7.07. The van der Waals surface area contributed by atoms with Crippen LogP contribution in [0.5, 0.6) is 0 Å². The van der Waals surface area contributed by atoms with Crippen LogP contribution in [-0.4, -0.2) is 64.9 Å². The summed E-state index contributed by atoms with van der Waals surface area (Å²) in [5.41, 5.74) is 4.12. The van der Waals surface area contributed by atoms with E-state index in [9.17, 15) is 4.79 Å². The van der Waals surface area contributed by atoms with Gasteiger partial charge in [0.2, 0.25) is 0 Å². The van der Waals surface area contributed by atoms with Crippen LogP contribution in [0.2, 0.25) is 0 Å². The number of fused-ring (bicyclic) bond motifs is 4. The minimum absolute atomic E-state index is 0.123. The Labute approximate surface area is 196 Å². The van der Waals surface area contributed by atoms with Crippen molar-refractivity contribution in [3.8, 4) is 11.4 Å². The number of carbonyl (C=O) groups excluding carboxylic acids is 1. The highest BCUT2D eigenvalue weighted by molar-refractivity contribution is 5.94. The van der Waals surface area contributed by atoms with Crippen LogP contribution in [0, 0.1) is 0 Å². The molecule has 9 heteroatoms. The normalized spacial score (nSPS) is 17.4. The average Bonchev–Trinajstić information content (AvgIpc) is 3.37. The average molecular weight is 457 g/mol. The number of aromatic amines is 1. The molecule has 1 aromatic carbocycles. The molecule has 1 N–H and O–H groups in total. The van der Waals surface area contributed by atoms with E-state index in [0.717, 1.165) is 40.2 Å². The summed E-state index contributed by atoms with van der Waals surface area (Å²) in [7, 11) is 0. The van der Waals surface area contributed by atoms with Crippen molar-refractivity contribution in [1.82, 2.24) is 19.9 Å². The summed E-state index contributed by atoms with van der Waals surface area (Å²) in [6.45, 7) is 4.80. The number of carbonyl (C=O) groups is 1. The molecule has 0 bridgehead atoms. The summed E-state index contributed by atoms with van der Waals surface area (Å²) < 4.78 is 11.0. The molecule has 0 saturated carbocycles. The van der Waals surface area contributed by atoms with Gasteiger partial charge in [-0.1, -0.05) is 12.1 Å². The summed E-state index contributed by atoms with van der Waals surface area (Å²) in [4.78, 5) is 34.1. The van der Waals surface area contributed by atoms with Crippen molar-refractivity contribution in [3.05, 3.63) is 60.7 Å². The highest BCUT2D eigenvalue weighted by atomic mass is 16.5. The first-order valence-corrected chi connectivity index (χ1v) is 11.4. The maximum atomic E-state index is 12.3. The predicted molar refractivity (Wildman–Crippen MR) is 128 cm³/mol. The quantitative estimate of drug-likeness (QED) is 0.466. The van der Waals surface area contributed by atoms with Crippen LogP contribution in [0.4, 0.5) is 17.2 Å². The zero-order valence-electron chi connectivity index (χ0n) is 18.8. The van der Waals surface area contributed by atoms with Crippen molar-refractivity contribution in [2.75, 3.05) is 42.7 Å². The Bertz CT molecular complexity index is 1370. The summed E-state index contributed by atoms with van der Waals surface area (Å²) >= 11 is 0. The first-order chi connectivity index (χ1) is 16.7. The van der Waals surface area contributed by atoms with Gasteiger partial charge in [0.15, 0.2) is 11.6 Å². The number of nitrogens with zero attached hydrogens (tertiary/aromatic N) is 5. The van der Waals surface area contributed by atoms with E-state index in [1.165, 1.54) is 6.20 Å². The number of anilines is 3. The Hall–Kier alpha value is -3.98. The second-order valence-electron chi connectivity index (χ2n) is 8.33. The van der Waals surface area contributed by atoms with E-state index in [1.807, 2.05) is 42.7 Å². The largest absolute Gasteiger partial charge is 0.462 e. The third-order valence-corrected chi connectivity index (χ3v) is 6.32. The van der Waals surface area contributed by atoms with Crippen LogP contribution >= 0.6 is 0 Å². The van der Waals surface area contributed by atoms with Gasteiger partial charge < -0.3 is 24.3 Å². The smallest absolute Gasteiger partial charge is 0.339 e. The van der Waals surface area contributed by atoms with Crippen molar-refractivity contribution >= 4 is 34.1 Å². The van der Waals surface area contributed by atoms with Crippen LogP contribution in [0.1, 0.15) is 17.3 Å². The molecule has 5 heterocycles. The molecule has 34 heavy (non-hydrogen) atoms. The molecule has 172 valence electrons. The van der Waals surface area contributed by atoms with Crippen molar-refractivity contribution < 1.29 is 14.3 Å². The summed E-state index contributed by atoms with van der Waals surface area (Å²) in [5, 5.41) is 1.08. The Balaban J connectivity index is 1.46. The lowest BCUT2D eigenvalue weighted by Gasteiger charge is -2.45. The molecule has 4 aromatic rings. The fourth-order valence-electron chi connectivity index (χ4n) is 4.72. The van der Waals surface area contributed by atoms with Gasteiger partial charge in [-0.25, -0.2) is 14.8 Å². The van der Waals surface area contributed by atoms with Gasteiger partial charge >= 0.3 is 5.97 Å². The molecule has 1 unspecified atom stereocenters. The highest BCUT2D eigenvalue weighted by Gasteiger charge is 2.36. The molecular formula is C25H24N6O3. The van der Waals surface area contributed by atoms with Gasteiger partial charge in [-0.05, 0) is 25.1 Å². The number of benzene rings is 1. The van der Waals surface area contributed by atoms with Gasteiger partial charge in [0.05, 0.1) is 49.5 Å². The van der Waals surface area contributed by atoms with Crippen LogP contribution in [0.25, 0.3) is 22.3 Å². The number of esters is 1. The Morgan fingerprint density at radius 2 is 2.21 bits per heavy atom. The number of H-pyrrole nitrogens is 1. The number of rotatable bonds is 4. The van der Waals surface area contributed by atoms with Crippen molar-refractivity contribution in [2.24, 2.45) is 0 Å². The summed E-state index contributed by atoms with van der Waals surface area (Å²) in [6, 6.07) is 10.1. The van der Waals surface area contributed by atoms with Crippen LogP contribution in [0.3, 0.4) is 0 Å². The molecule has 2 aliphatic heterocycles. The summed E-state index contributed by atoms with van der Waals surface area (Å²) in [5.74, 6) is 1.15. The lowest BCUT2D eigenvalue weighted by atomic mass is 10.1. The van der Waals surface area contributed by atoms with E-state index in [2.05, 4.69) is 19.8 Å². The number of aromatic nitrogens is 4. The number of pyridine rings is 1. The maximum Gasteiger partial charge on any atom is 0.339 e. The van der Waals surface area contributed by atoms with E-state index in [0.29, 0.717) is 37.8 Å². The second kappa shape index (κ2) is 8.42. The van der Waals surface area contributed by atoms with Crippen LogP contribution in [0.15, 0.2) is 55.1 Å². The van der Waals surface area contributed by atoms with Gasteiger partial charge in [0.1, 0.15) is 5.69 Å². The third-order valence-electron chi connectivity index (χ3n) is 6.32. The molecule has 1 atom stereocenters. The molecule has 2 aliphatic rings. The lowest BCUT2D eigenvalue weighted by Crippen LogP contribution is -2.54. The lowest BCUT2D eigenvalue weighted by molar-refractivity contribution is 0.0526. The third kappa shape index (κ3) is 3.45. The topological polar surface area (TPSA) is 96.5 Å². The fourth-order valence-corrected chi connectivity index (χ4v) is 4.72. The van der Waals surface area contributed by atoms with E-state index in [-0.39, 0.29) is 12.0 Å². The Morgan fingerprint density at radius 1 is 1.26 bits per heavy atom. The number of hydrogen-bond acceptors (Lipinski definition) is 8. The molecule has 9 nitrogen and oxygen atoms in total. The minimum Gasteiger partial charge on any atom is -0.462 e. The first-order valence-electron chi connectivity index (χ1n) is 11.4. The second-order valence-corrected chi connectivity index (χ2v) is 8.33. The van der Waals surface area contributed by atoms with Crippen LogP contribution in [-0.2, 0) is 9.47 Å². The van der Waals surface area contributed by atoms with Crippen molar-refractivity contribution in [1.29, 1.82) is 0 Å². The first kappa shape index (κ1) is 20.6. The highest BCUT2D eigenvalue weighted by Crippen LogP contribution is 2.40. The van der Waals surface area contributed by atoms with Gasteiger partial charge in [-0.2, -0.15) is 0 Å². The Morgan fingerprint density at radius 3 is 3.12 bits per heavy atom. The standard InChI is InChI=1S/C25H24N6O3/c1-2-34-25(32)16-10-17(12-26-11-16)31-14-18-15-33-9-8-30(18)24-22(31)13-28-23(29-24)20-4-3-5-21-19(20)6-7-27-21/h3-7,10-13,18,27H,2,8-9,14-15H2,1H3. The van der Waals surface area contributed by atoms with Gasteiger partial charge in [-0.3, -0.25) is 4.98 Å². The maximum absolute atomic E-state index is 12.3. The van der Waals surface area contributed by atoms with Crippen molar-refractivity contribution in [2.45, 2.75) is 13.0 Å². The van der Waals surface area contributed by atoms with E-state index < -0.39 is 0 Å². The minimum atomic E-state index is -0.386. The molecule has 0 radical (unpaired) electrons. The van der Waals surface area contributed by atoms with Gasteiger partial charge in [0.25, 0.3) is 0 Å².